The Hall–Kier alpha value is -1.89. The van der Waals surface area contributed by atoms with Crippen LogP contribution in [0.15, 0.2) is 27.8 Å². The van der Waals surface area contributed by atoms with E-state index in [0.29, 0.717) is 17.9 Å². The molecule has 1 atom stereocenters. The zero-order valence-corrected chi connectivity index (χ0v) is 15.1. The molecule has 6 nitrogen and oxygen atoms in total. The molecule has 0 radical (unpaired) electrons. The van der Waals surface area contributed by atoms with Crippen molar-refractivity contribution in [3.05, 3.63) is 28.2 Å². The van der Waals surface area contributed by atoms with Crippen LogP contribution in [-0.2, 0) is 9.59 Å². The number of ether oxygens (including phenoxy) is 1. The summed E-state index contributed by atoms with van der Waals surface area (Å²) in [5.74, 6) is -0.835. The van der Waals surface area contributed by atoms with Gasteiger partial charge in [0.2, 0.25) is 0 Å². The van der Waals surface area contributed by atoms with Gasteiger partial charge in [-0.15, -0.1) is 0 Å². The Bertz CT molecular complexity index is 576. The minimum atomic E-state index is -0.799. The van der Waals surface area contributed by atoms with Gasteiger partial charge in [0.1, 0.15) is 5.75 Å². The summed E-state index contributed by atoms with van der Waals surface area (Å²) >= 11 is 3.37. The summed E-state index contributed by atoms with van der Waals surface area (Å²) in [7, 11) is 0. The van der Waals surface area contributed by atoms with E-state index >= 15 is 0 Å². The van der Waals surface area contributed by atoms with E-state index in [0.717, 1.165) is 17.3 Å². The van der Waals surface area contributed by atoms with E-state index in [4.69, 9.17) is 4.74 Å². The highest BCUT2D eigenvalue weighted by atomic mass is 79.9. The fraction of sp³-hybridized carbons (Fsp3) is 0.438. The summed E-state index contributed by atoms with van der Waals surface area (Å²) < 4.78 is 6.47. The van der Waals surface area contributed by atoms with Gasteiger partial charge in [-0.1, -0.05) is 29.8 Å². The van der Waals surface area contributed by atoms with Crippen LogP contribution in [0.2, 0.25) is 0 Å². The molecule has 0 aliphatic carbocycles. The van der Waals surface area contributed by atoms with Gasteiger partial charge in [-0.25, -0.2) is 5.43 Å². The zero-order chi connectivity index (χ0) is 17.2. The van der Waals surface area contributed by atoms with Crippen LogP contribution >= 0.6 is 15.9 Å². The standard InChI is InChI=1S/C16H22BrN3O3/c1-4-8-23-14-7-6-13(17)9-12(14)10-18-20-16(22)15(21)19-11(3)5-2/h6-7,9-11H,4-5,8H2,1-3H3,(H,19,21)(H,20,22)/b18-10-/t11-/m1/s1. The van der Waals surface area contributed by atoms with E-state index in [1.165, 1.54) is 6.21 Å². The first kappa shape index (κ1) is 19.2. The SMILES string of the molecule is CCCOc1ccc(Br)cc1/C=N\NC(=O)C(=O)N[C@H](C)CC. The van der Waals surface area contributed by atoms with Crippen molar-refractivity contribution in [1.29, 1.82) is 0 Å². The van der Waals surface area contributed by atoms with Crippen molar-refractivity contribution in [2.45, 2.75) is 39.7 Å². The Kier molecular flexibility index (Phi) is 8.32. The van der Waals surface area contributed by atoms with Gasteiger partial charge in [-0.2, -0.15) is 5.10 Å². The quantitative estimate of drug-likeness (QED) is 0.431. The monoisotopic (exact) mass is 383 g/mol. The molecule has 126 valence electrons. The number of hydrogen-bond acceptors (Lipinski definition) is 4. The van der Waals surface area contributed by atoms with Gasteiger partial charge in [0.15, 0.2) is 0 Å². The molecule has 0 unspecified atom stereocenters. The molecule has 0 bridgehead atoms. The minimum Gasteiger partial charge on any atom is -0.493 e. The number of benzene rings is 1. The molecule has 2 N–H and O–H groups in total. The van der Waals surface area contributed by atoms with Gasteiger partial charge in [-0.3, -0.25) is 9.59 Å². The van der Waals surface area contributed by atoms with Crippen LogP contribution in [0.4, 0.5) is 0 Å². The van der Waals surface area contributed by atoms with Crippen molar-refractivity contribution >= 4 is 34.0 Å². The van der Waals surface area contributed by atoms with Crippen LogP contribution in [0.1, 0.15) is 39.2 Å². The molecule has 0 saturated carbocycles. The molecule has 23 heavy (non-hydrogen) atoms. The number of carbonyl (C=O) groups is 2. The summed E-state index contributed by atoms with van der Waals surface area (Å²) in [6.07, 6.45) is 3.09. The fourth-order valence-electron chi connectivity index (χ4n) is 1.57. The molecule has 0 heterocycles. The third-order valence-electron chi connectivity index (χ3n) is 3.00. The molecular formula is C16H22BrN3O3. The molecule has 0 saturated heterocycles. The maximum absolute atomic E-state index is 11.6. The lowest BCUT2D eigenvalue weighted by atomic mass is 10.2. The summed E-state index contributed by atoms with van der Waals surface area (Å²) in [5.41, 5.74) is 2.91. The highest BCUT2D eigenvalue weighted by molar-refractivity contribution is 9.10. The topological polar surface area (TPSA) is 79.8 Å². The Morgan fingerprint density at radius 3 is 2.74 bits per heavy atom. The molecule has 7 heteroatoms. The highest BCUT2D eigenvalue weighted by Crippen LogP contribution is 2.21. The number of hydrogen-bond donors (Lipinski definition) is 2. The van der Waals surface area contributed by atoms with Crippen molar-refractivity contribution in [3.8, 4) is 5.75 Å². The molecule has 0 aliphatic heterocycles. The van der Waals surface area contributed by atoms with Gasteiger partial charge in [0.05, 0.1) is 12.8 Å². The molecule has 0 fully saturated rings. The van der Waals surface area contributed by atoms with E-state index in [-0.39, 0.29) is 6.04 Å². The minimum absolute atomic E-state index is 0.0589. The largest absolute Gasteiger partial charge is 0.493 e. The van der Waals surface area contributed by atoms with Gasteiger partial charge >= 0.3 is 11.8 Å². The van der Waals surface area contributed by atoms with Crippen LogP contribution < -0.4 is 15.5 Å². The van der Waals surface area contributed by atoms with Crippen molar-refractivity contribution in [3.63, 3.8) is 0 Å². The first-order chi connectivity index (χ1) is 11.0. The maximum Gasteiger partial charge on any atom is 0.329 e. The van der Waals surface area contributed by atoms with Crippen molar-refractivity contribution in [2.75, 3.05) is 6.61 Å². The van der Waals surface area contributed by atoms with Crippen LogP contribution in [0, 0.1) is 0 Å². The van der Waals surface area contributed by atoms with E-state index in [2.05, 4.69) is 31.8 Å². The third-order valence-corrected chi connectivity index (χ3v) is 3.49. The summed E-state index contributed by atoms with van der Waals surface area (Å²) in [4.78, 5) is 23.2. The second-order valence-corrected chi connectivity index (χ2v) is 5.93. The first-order valence-corrected chi connectivity index (χ1v) is 8.33. The molecule has 0 spiro atoms. The third kappa shape index (κ3) is 6.81. The van der Waals surface area contributed by atoms with Crippen LogP contribution in [-0.4, -0.2) is 30.7 Å². The molecule has 1 rings (SSSR count). The second kappa shape index (κ2) is 9.99. The molecule has 1 aromatic rings. The average molecular weight is 384 g/mol. The summed E-state index contributed by atoms with van der Waals surface area (Å²) in [5, 5.41) is 6.39. The van der Waals surface area contributed by atoms with E-state index < -0.39 is 11.8 Å². The van der Waals surface area contributed by atoms with Crippen molar-refractivity contribution in [1.82, 2.24) is 10.7 Å². The Morgan fingerprint density at radius 2 is 2.09 bits per heavy atom. The Morgan fingerprint density at radius 1 is 1.35 bits per heavy atom. The number of amides is 2. The molecule has 0 aliphatic rings. The summed E-state index contributed by atoms with van der Waals surface area (Å²) in [6, 6.07) is 5.44. The number of carbonyl (C=O) groups excluding carboxylic acids is 2. The second-order valence-electron chi connectivity index (χ2n) is 5.01. The average Bonchev–Trinajstić information content (AvgIpc) is 2.53. The molecular weight excluding hydrogens is 362 g/mol. The Balaban J connectivity index is 2.68. The maximum atomic E-state index is 11.6. The van der Waals surface area contributed by atoms with Crippen LogP contribution in [0.5, 0.6) is 5.75 Å². The lowest BCUT2D eigenvalue weighted by molar-refractivity contribution is -0.139. The first-order valence-electron chi connectivity index (χ1n) is 7.54. The smallest absolute Gasteiger partial charge is 0.329 e. The van der Waals surface area contributed by atoms with E-state index in [1.807, 2.05) is 39.0 Å². The highest BCUT2D eigenvalue weighted by Gasteiger charge is 2.14. The number of hydrazone groups is 1. The van der Waals surface area contributed by atoms with Crippen LogP contribution in [0.3, 0.4) is 0 Å². The zero-order valence-electron chi connectivity index (χ0n) is 13.6. The Labute approximate surface area is 144 Å². The summed E-state index contributed by atoms with van der Waals surface area (Å²) in [6.45, 7) is 6.36. The van der Waals surface area contributed by atoms with Gasteiger partial charge < -0.3 is 10.1 Å². The molecule has 2 amide bonds. The predicted molar refractivity (Wildman–Crippen MR) is 93.6 cm³/mol. The van der Waals surface area contributed by atoms with E-state index in [1.54, 1.807) is 0 Å². The number of halogens is 1. The predicted octanol–water partition coefficient (Wildman–Crippen LogP) is 2.60. The number of rotatable bonds is 7. The fourth-order valence-corrected chi connectivity index (χ4v) is 1.95. The lowest BCUT2D eigenvalue weighted by Gasteiger charge is -2.10. The van der Waals surface area contributed by atoms with Crippen LogP contribution in [0.25, 0.3) is 0 Å². The number of nitrogens with zero attached hydrogens (tertiary/aromatic N) is 1. The normalized spacial score (nSPS) is 12.0. The number of nitrogens with one attached hydrogen (secondary N) is 2. The van der Waals surface area contributed by atoms with Crippen molar-refractivity contribution < 1.29 is 14.3 Å². The molecule has 1 aromatic carbocycles. The molecule has 0 aromatic heterocycles. The lowest BCUT2D eigenvalue weighted by Crippen LogP contribution is -2.41. The van der Waals surface area contributed by atoms with Gasteiger partial charge in [-0.05, 0) is 38.0 Å². The van der Waals surface area contributed by atoms with Gasteiger partial charge in [0.25, 0.3) is 0 Å². The van der Waals surface area contributed by atoms with Crippen molar-refractivity contribution in [2.24, 2.45) is 5.10 Å². The van der Waals surface area contributed by atoms with E-state index in [9.17, 15) is 9.59 Å². The van der Waals surface area contributed by atoms with Gasteiger partial charge in [0, 0.05) is 16.1 Å².